The third-order valence-electron chi connectivity index (χ3n) is 4.90. The molecule has 2 aromatic rings. The minimum absolute atomic E-state index is 0.00624. The van der Waals surface area contributed by atoms with Crippen LogP contribution in [-0.4, -0.2) is 25.1 Å². The molecule has 0 aliphatic carbocycles. The molecule has 1 aliphatic rings. The lowest BCUT2D eigenvalue weighted by atomic mass is 10.1. The van der Waals surface area contributed by atoms with Crippen molar-refractivity contribution in [2.75, 3.05) is 18.1 Å². The molecule has 1 amide bonds. The van der Waals surface area contributed by atoms with Crippen LogP contribution in [0.25, 0.3) is 0 Å². The van der Waals surface area contributed by atoms with Crippen LogP contribution in [0, 0.1) is 0 Å². The Morgan fingerprint density at radius 1 is 1.07 bits per heavy atom. The molecule has 0 aromatic heterocycles. The summed E-state index contributed by atoms with van der Waals surface area (Å²) < 4.78 is 11.9. The Kier molecular flexibility index (Phi) is 7.69. The van der Waals surface area contributed by atoms with Gasteiger partial charge in [0, 0.05) is 27.7 Å². The number of benzene rings is 2. The number of carbonyl (C=O) groups excluding carboxylic acids is 2. The molecule has 0 radical (unpaired) electrons. The first-order valence-corrected chi connectivity index (χ1v) is 10.9. The molecular weight excluding hydrogens is 434 g/mol. The van der Waals surface area contributed by atoms with Gasteiger partial charge in [-0.15, -0.1) is 0 Å². The molecule has 154 valence electrons. The summed E-state index contributed by atoms with van der Waals surface area (Å²) in [6.07, 6.45) is 4.21. The average molecular weight is 460 g/mol. The SMILES string of the molecule is CCOC(=O)CCCCCCOc1cccc2c1CN(c1ccc(Br)cc1)C2=O. The van der Waals surface area contributed by atoms with Crippen LogP contribution >= 0.6 is 15.9 Å². The fourth-order valence-electron chi connectivity index (χ4n) is 3.41. The van der Waals surface area contributed by atoms with E-state index in [1.165, 1.54) is 0 Å². The zero-order valence-electron chi connectivity index (χ0n) is 16.7. The molecule has 0 atom stereocenters. The van der Waals surface area contributed by atoms with E-state index in [0.29, 0.717) is 31.7 Å². The number of amides is 1. The zero-order chi connectivity index (χ0) is 20.6. The van der Waals surface area contributed by atoms with Crippen LogP contribution in [0.2, 0.25) is 0 Å². The number of ether oxygens (including phenoxy) is 2. The predicted molar refractivity (Wildman–Crippen MR) is 116 cm³/mol. The molecule has 0 bridgehead atoms. The largest absolute Gasteiger partial charge is 0.493 e. The topological polar surface area (TPSA) is 55.8 Å². The molecule has 29 heavy (non-hydrogen) atoms. The van der Waals surface area contributed by atoms with Gasteiger partial charge in [-0.05, 0) is 56.2 Å². The van der Waals surface area contributed by atoms with Gasteiger partial charge in [-0.3, -0.25) is 9.59 Å². The van der Waals surface area contributed by atoms with E-state index in [9.17, 15) is 9.59 Å². The van der Waals surface area contributed by atoms with Crippen molar-refractivity contribution in [3.63, 3.8) is 0 Å². The highest BCUT2D eigenvalue weighted by atomic mass is 79.9. The van der Waals surface area contributed by atoms with Crippen LogP contribution < -0.4 is 9.64 Å². The summed E-state index contributed by atoms with van der Waals surface area (Å²) in [4.78, 5) is 25.9. The van der Waals surface area contributed by atoms with Crippen LogP contribution in [0.1, 0.15) is 54.9 Å². The zero-order valence-corrected chi connectivity index (χ0v) is 18.2. The number of carbonyl (C=O) groups is 2. The Morgan fingerprint density at radius 2 is 1.83 bits per heavy atom. The molecular formula is C23H26BrNO4. The summed E-state index contributed by atoms with van der Waals surface area (Å²) >= 11 is 3.43. The Balaban J connectivity index is 1.49. The number of rotatable bonds is 10. The molecule has 3 rings (SSSR count). The second kappa shape index (κ2) is 10.4. The first-order chi connectivity index (χ1) is 14.1. The van der Waals surface area contributed by atoms with E-state index < -0.39 is 0 Å². The van der Waals surface area contributed by atoms with E-state index in [0.717, 1.165) is 47.2 Å². The van der Waals surface area contributed by atoms with Crippen molar-refractivity contribution in [3.05, 3.63) is 58.1 Å². The van der Waals surface area contributed by atoms with Crippen LogP contribution in [0.4, 0.5) is 5.69 Å². The molecule has 2 aromatic carbocycles. The Bertz CT molecular complexity index is 850. The second-order valence-electron chi connectivity index (χ2n) is 6.97. The number of hydrogen-bond acceptors (Lipinski definition) is 4. The summed E-state index contributed by atoms with van der Waals surface area (Å²) in [5.74, 6) is 0.664. The van der Waals surface area contributed by atoms with E-state index in [1.807, 2.05) is 49.4 Å². The molecule has 0 N–H and O–H groups in total. The van der Waals surface area contributed by atoms with E-state index in [2.05, 4.69) is 15.9 Å². The maximum Gasteiger partial charge on any atom is 0.305 e. The highest BCUT2D eigenvalue weighted by molar-refractivity contribution is 9.10. The smallest absolute Gasteiger partial charge is 0.305 e. The molecule has 6 heteroatoms. The summed E-state index contributed by atoms with van der Waals surface area (Å²) in [7, 11) is 0. The fraction of sp³-hybridized carbons (Fsp3) is 0.391. The minimum Gasteiger partial charge on any atom is -0.493 e. The molecule has 0 saturated carbocycles. The fourth-order valence-corrected chi connectivity index (χ4v) is 3.67. The highest BCUT2D eigenvalue weighted by Gasteiger charge is 2.30. The quantitative estimate of drug-likeness (QED) is 0.347. The maximum absolute atomic E-state index is 12.8. The normalized spacial score (nSPS) is 12.8. The third kappa shape index (κ3) is 5.60. The van der Waals surface area contributed by atoms with Crippen molar-refractivity contribution in [2.45, 2.75) is 45.6 Å². The lowest BCUT2D eigenvalue weighted by molar-refractivity contribution is -0.143. The van der Waals surface area contributed by atoms with Crippen LogP contribution in [0.15, 0.2) is 46.9 Å². The standard InChI is InChI=1S/C23H26BrNO4/c1-2-28-22(26)10-5-3-4-6-15-29-21-9-7-8-19-20(21)16-25(23(19)27)18-13-11-17(24)12-14-18/h7-9,11-14H,2-6,10,15-16H2,1H3. The molecule has 0 saturated heterocycles. The van der Waals surface area contributed by atoms with Crippen molar-refractivity contribution in [1.82, 2.24) is 0 Å². The van der Waals surface area contributed by atoms with Gasteiger partial charge in [0.15, 0.2) is 0 Å². The van der Waals surface area contributed by atoms with Crippen molar-refractivity contribution in [1.29, 1.82) is 0 Å². The van der Waals surface area contributed by atoms with Crippen molar-refractivity contribution in [2.24, 2.45) is 0 Å². The van der Waals surface area contributed by atoms with Gasteiger partial charge in [0.2, 0.25) is 0 Å². The van der Waals surface area contributed by atoms with E-state index in [4.69, 9.17) is 9.47 Å². The lowest BCUT2D eigenvalue weighted by Gasteiger charge is -2.16. The number of hydrogen-bond donors (Lipinski definition) is 0. The first kappa shape index (κ1) is 21.4. The molecule has 1 heterocycles. The van der Waals surface area contributed by atoms with Gasteiger partial charge >= 0.3 is 5.97 Å². The van der Waals surface area contributed by atoms with Crippen LogP contribution in [0.3, 0.4) is 0 Å². The number of anilines is 1. The van der Waals surface area contributed by atoms with E-state index in [-0.39, 0.29) is 11.9 Å². The molecule has 5 nitrogen and oxygen atoms in total. The minimum atomic E-state index is -0.122. The monoisotopic (exact) mass is 459 g/mol. The molecule has 0 spiro atoms. The number of halogens is 1. The maximum atomic E-state index is 12.8. The van der Waals surface area contributed by atoms with Gasteiger partial charge in [-0.2, -0.15) is 0 Å². The number of esters is 1. The summed E-state index contributed by atoms with van der Waals surface area (Å²) in [5.41, 5.74) is 2.53. The summed E-state index contributed by atoms with van der Waals surface area (Å²) in [6, 6.07) is 13.4. The summed E-state index contributed by atoms with van der Waals surface area (Å²) in [5, 5.41) is 0. The van der Waals surface area contributed by atoms with Crippen molar-refractivity contribution < 1.29 is 19.1 Å². The predicted octanol–water partition coefficient (Wildman–Crippen LogP) is 5.50. The number of unbranched alkanes of at least 4 members (excludes halogenated alkanes) is 3. The van der Waals surface area contributed by atoms with Crippen LogP contribution in [-0.2, 0) is 16.1 Å². The van der Waals surface area contributed by atoms with Gasteiger partial charge in [-0.1, -0.05) is 34.8 Å². The van der Waals surface area contributed by atoms with E-state index >= 15 is 0 Å². The van der Waals surface area contributed by atoms with Crippen molar-refractivity contribution >= 4 is 33.5 Å². The van der Waals surface area contributed by atoms with Crippen molar-refractivity contribution in [3.8, 4) is 5.75 Å². The molecule has 1 aliphatic heterocycles. The van der Waals surface area contributed by atoms with Gasteiger partial charge in [0.25, 0.3) is 5.91 Å². The molecule has 0 fully saturated rings. The molecule has 0 unspecified atom stereocenters. The average Bonchev–Trinajstić information content (AvgIpc) is 3.05. The number of nitrogens with zero attached hydrogens (tertiary/aromatic N) is 1. The van der Waals surface area contributed by atoms with Gasteiger partial charge in [-0.25, -0.2) is 0 Å². The van der Waals surface area contributed by atoms with Gasteiger partial charge < -0.3 is 14.4 Å². The van der Waals surface area contributed by atoms with E-state index in [1.54, 1.807) is 4.90 Å². The van der Waals surface area contributed by atoms with Crippen LogP contribution in [0.5, 0.6) is 5.75 Å². The highest BCUT2D eigenvalue weighted by Crippen LogP contribution is 2.34. The summed E-state index contributed by atoms with van der Waals surface area (Å²) in [6.45, 7) is 3.38. The Morgan fingerprint density at radius 3 is 2.59 bits per heavy atom. The van der Waals surface area contributed by atoms with Gasteiger partial charge in [0.05, 0.1) is 19.8 Å². The Hall–Kier alpha value is -2.34. The lowest BCUT2D eigenvalue weighted by Crippen LogP contribution is -2.22. The second-order valence-corrected chi connectivity index (χ2v) is 7.88. The first-order valence-electron chi connectivity index (χ1n) is 10.1. The third-order valence-corrected chi connectivity index (χ3v) is 5.43. The van der Waals surface area contributed by atoms with Gasteiger partial charge in [0.1, 0.15) is 5.75 Å². The Labute approximate surface area is 180 Å². The number of fused-ring (bicyclic) bond motifs is 1.